The van der Waals surface area contributed by atoms with E-state index in [1.807, 2.05) is 6.07 Å². The van der Waals surface area contributed by atoms with Gasteiger partial charge in [0.25, 0.3) is 0 Å². The maximum atomic E-state index is 11.7. The Morgan fingerprint density at radius 3 is 2.45 bits per heavy atom. The van der Waals surface area contributed by atoms with Crippen molar-refractivity contribution in [3.8, 4) is 0 Å². The lowest BCUT2D eigenvalue weighted by Gasteiger charge is -2.38. The Morgan fingerprint density at radius 1 is 1.25 bits per heavy atom. The molecule has 112 valence electrons. The minimum atomic E-state index is -3.75. The molecular formula is C14H23N3O2S. The summed E-state index contributed by atoms with van der Waals surface area (Å²) >= 11 is 0. The van der Waals surface area contributed by atoms with Gasteiger partial charge in [0.1, 0.15) is 0 Å². The molecule has 2 atom stereocenters. The summed E-state index contributed by atoms with van der Waals surface area (Å²) < 4.78 is 23.3. The van der Waals surface area contributed by atoms with Crippen LogP contribution in [0.4, 0.5) is 11.4 Å². The van der Waals surface area contributed by atoms with Gasteiger partial charge in [-0.1, -0.05) is 13.8 Å². The fourth-order valence-corrected chi connectivity index (χ4v) is 3.63. The lowest BCUT2D eigenvalue weighted by Crippen LogP contribution is -2.39. The van der Waals surface area contributed by atoms with Gasteiger partial charge < -0.3 is 10.6 Å². The molecule has 4 N–H and O–H groups in total. The van der Waals surface area contributed by atoms with Gasteiger partial charge in [0.2, 0.25) is 10.0 Å². The zero-order valence-corrected chi connectivity index (χ0v) is 13.1. The summed E-state index contributed by atoms with van der Waals surface area (Å²) in [5, 5.41) is 5.27. The molecule has 1 aliphatic heterocycles. The van der Waals surface area contributed by atoms with Gasteiger partial charge in [0.05, 0.1) is 4.90 Å². The van der Waals surface area contributed by atoms with Gasteiger partial charge in [0, 0.05) is 24.5 Å². The normalized spacial score (nSPS) is 23.9. The highest BCUT2D eigenvalue weighted by atomic mass is 32.2. The van der Waals surface area contributed by atoms with Crippen LogP contribution in [-0.2, 0) is 10.0 Å². The first-order valence-electron chi connectivity index (χ1n) is 6.88. The zero-order chi connectivity index (χ0) is 15.1. The SMILES string of the molecule is Cc1c(N2CCC(C)C(C)C2)cc(N)cc1S(N)(=O)=O. The predicted octanol–water partition coefficient (Wildman–Crippen LogP) is 1.71. The van der Waals surface area contributed by atoms with Crippen molar-refractivity contribution in [2.75, 3.05) is 23.7 Å². The molecule has 6 heteroatoms. The maximum Gasteiger partial charge on any atom is 0.238 e. The van der Waals surface area contributed by atoms with Crippen LogP contribution in [0.1, 0.15) is 25.8 Å². The van der Waals surface area contributed by atoms with Gasteiger partial charge in [-0.3, -0.25) is 0 Å². The molecular weight excluding hydrogens is 274 g/mol. The van der Waals surface area contributed by atoms with Crippen molar-refractivity contribution in [3.63, 3.8) is 0 Å². The Bertz CT molecular complexity index is 613. The molecule has 1 fully saturated rings. The standard InChI is InChI=1S/C14H23N3O2S/c1-9-4-5-17(8-10(9)2)13-6-12(15)7-14(11(13)3)20(16,18)19/h6-7,9-10H,4-5,8,15H2,1-3H3,(H2,16,18,19). The molecule has 0 saturated carbocycles. The third-order valence-corrected chi connectivity index (χ3v) is 5.37. The second-order valence-corrected chi connectivity index (χ2v) is 7.43. The van der Waals surface area contributed by atoms with Crippen LogP contribution < -0.4 is 15.8 Å². The Balaban J connectivity index is 2.45. The number of sulfonamides is 1. The van der Waals surface area contributed by atoms with Crippen molar-refractivity contribution in [1.82, 2.24) is 0 Å². The van der Waals surface area contributed by atoms with Gasteiger partial charge in [-0.25, -0.2) is 13.6 Å². The molecule has 1 aromatic rings. The van der Waals surface area contributed by atoms with Crippen LogP contribution >= 0.6 is 0 Å². The number of hydrogen-bond acceptors (Lipinski definition) is 4. The number of hydrogen-bond donors (Lipinski definition) is 2. The maximum absolute atomic E-state index is 11.7. The highest BCUT2D eigenvalue weighted by Gasteiger charge is 2.25. The van der Waals surface area contributed by atoms with Crippen LogP contribution in [0, 0.1) is 18.8 Å². The third kappa shape index (κ3) is 2.91. The molecule has 0 aromatic heterocycles. The summed E-state index contributed by atoms with van der Waals surface area (Å²) in [5.41, 5.74) is 7.84. The fourth-order valence-electron chi connectivity index (χ4n) is 2.80. The van der Waals surface area contributed by atoms with E-state index in [-0.39, 0.29) is 4.90 Å². The number of nitrogens with zero attached hydrogens (tertiary/aromatic N) is 1. The summed E-state index contributed by atoms with van der Waals surface area (Å²) in [5.74, 6) is 1.26. The van der Waals surface area contributed by atoms with Crippen LogP contribution in [0.3, 0.4) is 0 Å². The number of benzene rings is 1. The molecule has 0 spiro atoms. The van der Waals surface area contributed by atoms with E-state index in [9.17, 15) is 8.42 Å². The molecule has 0 amide bonds. The lowest BCUT2D eigenvalue weighted by atomic mass is 9.88. The van der Waals surface area contributed by atoms with Crippen molar-refractivity contribution >= 4 is 21.4 Å². The van der Waals surface area contributed by atoms with E-state index in [4.69, 9.17) is 10.9 Å². The van der Waals surface area contributed by atoms with Crippen molar-refractivity contribution < 1.29 is 8.42 Å². The van der Waals surface area contributed by atoms with Crippen molar-refractivity contribution in [1.29, 1.82) is 0 Å². The summed E-state index contributed by atoms with van der Waals surface area (Å²) in [6.45, 7) is 8.09. The van der Waals surface area contributed by atoms with Gasteiger partial charge in [-0.2, -0.15) is 0 Å². The number of anilines is 2. The Kier molecular flexibility index (Phi) is 3.97. The second kappa shape index (κ2) is 5.26. The van der Waals surface area contributed by atoms with Gasteiger partial charge in [0.15, 0.2) is 0 Å². The van der Waals surface area contributed by atoms with Crippen LogP contribution in [0.2, 0.25) is 0 Å². The molecule has 20 heavy (non-hydrogen) atoms. The third-order valence-electron chi connectivity index (χ3n) is 4.34. The molecule has 1 saturated heterocycles. The highest BCUT2D eigenvalue weighted by molar-refractivity contribution is 7.89. The first-order chi connectivity index (χ1) is 9.20. The Morgan fingerprint density at radius 2 is 1.90 bits per heavy atom. The van der Waals surface area contributed by atoms with E-state index in [2.05, 4.69) is 18.7 Å². The Hall–Kier alpha value is -1.27. The smallest absolute Gasteiger partial charge is 0.238 e. The molecule has 0 bridgehead atoms. The number of primary sulfonamides is 1. The average molecular weight is 297 g/mol. The molecule has 2 rings (SSSR count). The van der Waals surface area contributed by atoms with Gasteiger partial charge in [-0.05, 0) is 42.9 Å². The summed E-state index contributed by atoms with van der Waals surface area (Å²) in [7, 11) is -3.75. The van der Waals surface area contributed by atoms with Crippen molar-refractivity contribution in [2.45, 2.75) is 32.1 Å². The molecule has 1 aromatic carbocycles. The van der Waals surface area contributed by atoms with E-state index in [0.29, 0.717) is 23.1 Å². The van der Waals surface area contributed by atoms with E-state index in [0.717, 1.165) is 25.2 Å². The topological polar surface area (TPSA) is 89.4 Å². The zero-order valence-electron chi connectivity index (χ0n) is 12.3. The van der Waals surface area contributed by atoms with Crippen LogP contribution in [0.25, 0.3) is 0 Å². The second-order valence-electron chi connectivity index (χ2n) is 5.90. The van der Waals surface area contributed by atoms with Crippen LogP contribution in [-0.4, -0.2) is 21.5 Å². The van der Waals surface area contributed by atoms with Gasteiger partial charge >= 0.3 is 0 Å². The molecule has 1 heterocycles. The molecule has 1 aliphatic rings. The molecule has 2 unspecified atom stereocenters. The highest BCUT2D eigenvalue weighted by Crippen LogP contribution is 2.33. The van der Waals surface area contributed by atoms with Crippen molar-refractivity contribution in [2.24, 2.45) is 17.0 Å². The number of nitrogen functional groups attached to an aromatic ring is 1. The summed E-state index contributed by atoms with van der Waals surface area (Å²) in [4.78, 5) is 2.34. The average Bonchev–Trinajstić information content (AvgIpc) is 2.34. The van der Waals surface area contributed by atoms with E-state index in [1.165, 1.54) is 6.07 Å². The van der Waals surface area contributed by atoms with Crippen LogP contribution in [0.5, 0.6) is 0 Å². The van der Waals surface area contributed by atoms with E-state index < -0.39 is 10.0 Å². The fraction of sp³-hybridized carbons (Fsp3) is 0.571. The monoisotopic (exact) mass is 297 g/mol. The minimum Gasteiger partial charge on any atom is -0.399 e. The van der Waals surface area contributed by atoms with Gasteiger partial charge in [-0.15, -0.1) is 0 Å². The molecule has 0 aliphatic carbocycles. The first kappa shape index (κ1) is 15.1. The van der Waals surface area contributed by atoms with E-state index in [1.54, 1.807) is 6.92 Å². The number of nitrogens with two attached hydrogens (primary N) is 2. The quantitative estimate of drug-likeness (QED) is 0.813. The largest absolute Gasteiger partial charge is 0.399 e. The molecule has 5 nitrogen and oxygen atoms in total. The predicted molar refractivity (Wildman–Crippen MR) is 82.1 cm³/mol. The first-order valence-corrected chi connectivity index (χ1v) is 8.42. The number of piperidine rings is 1. The van der Waals surface area contributed by atoms with Crippen molar-refractivity contribution in [3.05, 3.63) is 17.7 Å². The minimum absolute atomic E-state index is 0.124. The summed E-state index contributed by atoms with van der Waals surface area (Å²) in [6.07, 6.45) is 1.10. The molecule has 0 radical (unpaired) electrons. The Labute approximate surface area is 121 Å². The summed E-state index contributed by atoms with van der Waals surface area (Å²) in [6, 6.07) is 3.27. The van der Waals surface area contributed by atoms with E-state index >= 15 is 0 Å². The lowest BCUT2D eigenvalue weighted by molar-refractivity contribution is 0.323. The van der Waals surface area contributed by atoms with Crippen LogP contribution in [0.15, 0.2) is 17.0 Å². The number of rotatable bonds is 2.